The minimum Gasteiger partial charge on any atom is -0.321 e. The highest BCUT2D eigenvalue weighted by atomic mass is 32.2. The average Bonchev–Trinajstić information content (AvgIpc) is 2.86. The fraction of sp³-hybridized carbons (Fsp3) is 0.240. The minimum absolute atomic E-state index is 0.0897. The molecule has 10 heteroatoms. The van der Waals surface area contributed by atoms with Crippen LogP contribution in [0.2, 0.25) is 0 Å². The van der Waals surface area contributed by atoms with Crippen LogP contribution in [0.25, 0.3) is 0 Å². The van der Waals surface area contributed by atoms with Gasteiger partial charge in [0, 0.05) is 50.4 Å². The number of nitro groups is 1. The van der Waals surface area contributed by atoms with E-state index in [1.54, 1.807) is 61.5 Å². The minimum atomic E-state index is -3.51. The highest BCUT2D eigenvalue weighted by Gasteiger charge is 2.28. The van der Waals surface area contributed by atoms with E-state index < -0.39 is 14.9 Å². The summed E-state index contributed by atoms with van der Waals surface area (Å²) in [7, 11) is -3.51. The van der Waals surface area contributed by atoms with Crippen LogP contribution in [0.15, 0.2) is 77.7 Å². The number of piperazine rings is 1. The maximum absolute atomic E-state index is 12.8. The first-order valence-electron chi connectivity index (χ1n) is 11.2. The van der Waals surface area contributed by atoms with Crippen molar-refractivity contribution >= 4 is 27.3 Å². The van der Waals surface area contributed by atoms with Gasteiger partial charge in [-0.2, -0.15) is 4.31 Å². The van der Waals surface area contributed by atoms with Crippen molar-refractivity contribution in [2.75, 3.05) is 31.5 Å². The zero-order chi connectivity index (χ0) is 25.0. The van der Waals surface area contributed by atoms with Crippen LogP contribution in [-0.2, 0) is 16.6 Å². The second-order valence-corrected chi connectivity index (χ2v) is 10.3. The monoisotopic (exact) mass is 494 g/mol. The highest BCUT2D eigenvalue weighted by Crippen LogP contribution is 2.23. The molecule has 0 aliphatic carbocycles. The van der Waals surface area contributed by atoms with Crippen molar-refractivity contribution in [3.05, 3.63) is 99.6 Å². The Kier molecular flexibility index (Phi) is 7.25. The first-order valence-corrected chi connectivity index (χ1v) is 12.6. The molecule has 0 atom stereocenters. The molecule has 4 rings (SSSR count). The number of carbonyl (C=O) groups excluding carboxylic acids is 1. The molecule has 0 radical (unpaired) electrons. The van der Waals surface area contributed by atoms with Gasteiger partial charge in [-0.25, -0.2) is 8.42 Å². The number of nitrogens with one attached hydrogen (secondary N) is 1. The van der Waals surface area contributed by atoms with Gasteiger partial charge >= 0.3 is 0 Å². The third-order valence-corrected chi connectivity index (χ3v) is 7.90. The van der Waals surface area contributed by atoms with Crippen molar-refractivity contribution in [1.82, 2.24) is 9.21 Å². The van der Waals surface area contributed by atoms with Crippen LogP contribution >= 0.6 is 0 Å². The van der Waals surface area contributed by atoms with Gasteiger partial charge in [-0.05, 0) is 42.3 Å². The number of nitrogens with zero attached hydrogens (tertiary/aromatic N) is 3. The zero-order valence-electron chi connectivity index (χ0n) is 19.3. The molecule has 0 saturated carbocycles. The number of amides is 1. The van der Waals surface area contributed by atoms with Gasteiger partial charge in [0.05, 0.1) is 15.5 Å². The number of benzene rings is 3. The Morgan fingerprint density at radius 3 is 2.37 bits per heavy atom. The molecule has 1 N–H and O–H groups in total. The van der Waals surface area contributed by atoms with Gasteiger partial charge < -0.3 is 5.32 Å². The Morgan fingerprint density at radius 1 is 0.971 bits per heavy atom. The van der Waals surface area contributed by atoms with Gasteiger partial charge in [-0.15, -0.1) is 0 Å². The lowest BCUT2D eigenvalue weighted by Crippen LogP contribution is -2.48. The molecule has 0 aromatic heterocycles. The van der Waals surface area contributed by atoms with Gasteiger partial charge in [0.25, 0.3) is 11.6 Å². The Hall–Kier alpha value is -3.60. The summed E-state index contributed by atoms with van der Waals surface area (Å²) in [6.07, 6.45) is 0. The van der Waals surface area contributed by atoms with Gasteiger partial charge in [0.15, 0.2) is 0 Å². The summed E-state index contributed by atoms with van der Waals surface area (Å²) in [6.45, 7) is 4.29. The van der Waals surface area contributed by atoms with Crippen molar-refractivity contribution < 1.29 is 18.1 Å². The highest BCUT2D eigenvalue weighted by molar-refractivity contribution is 7.89. The predicted octanol–water partition coefficient (Wildman–Crippen LogP) is 3.66. The summed E-state index contributed by atoms with van der Waals surface area (Å²) in [4.78, 5) is 25.8. The SMILES string of the molecule is Cc1ccc([N+](=O)[O-])cc1NC(=O)c1cccc(CN2CCN(S(=O)(=O)c3ccccc3)CC2)c1. The van der Waals surface area contributed by atoms with Gasteiger partial charge in [-0.1, -0.05) is 36.4 Å². The quantitative estimate of drug-likeness (QED) is 0.396. The van der Waals surface area contributed by atoms with E-state index >= 15 is 0 Å². The summed E-state index contributed by atoms with van der Waals surface area (Å²) in [6, 6.07) is 20.0. The molecule has 3 aromatic rings. The Morgan fingerprint density at radius 2 is 1.69 bits per heavy atom. The predicted molar refractivity (Wildman–Crippen MR) is 133 cm³/mol. The van der Waals surface area contributed by atoms with E-state index in [1.807, 2.05) is 6.07 Å². The van der Waals surface area contributed by atoms with E-state index in [0.29, 0.717) is 48.9 Å². The van der Waals surface area contributed by atoms with Crippen LogP contribution in [0.5, 0.6) is 0 Å². The lowest BCUT2D eigenvalue weighted by atomic mass is 10.1. The lowest BCUT2D eigenvalue weighted by Gasteiger charge is -2.34. The van der Waals surface area contributed by atoms with Crippen LogP contribution in [0.1, 0.15) is 21.5 Å². The van der Waals surface area contributed by atoms with Crippen molar-refractivity contribution in [3.8, 4) is 0 Å². The number of rotatable bonds is 7. The normalized spacial score (nSPS) is 15.0. The van der Waals surface area contributed by atoms with E-state index in [4.69, 9.17) is 0 Å². The van der Waals surface area contributed by atoms with Gasteiger partial charge in [-0.3, -0.25) is 19.8 Å². The van der Waals surface area contributed by atoms with Crippen LogP contribution in [-0.4, -0.2) is 54.6 Å². The Bertz CT molecular complexity index is 1340. The maximum Gasteiger partial charge on any atom is 0.271 e. The largest absolute Gasteiger partial charge is 0.321 e. The first kappa shape index (κ1) is 24.5. The van der Waals surface area contributed by atoms with E-state index in [1.165, 1.54) is 16.4 Å². The number of carbonyl (C=O) groups is 1. The summed E-state index contributed by atoms with van der Waals surface area (Å²) >= 11 is 0. The lowest BCUT2D eigenvalue weighted by molar-refractivity contribution is -0.384. The van der Waals surface area contributed by atoms with Crippen LogP contribution < -0.4 is 5.32 Å². The molecule has 1 amide bonds. The number of non-ortho nitro benzene ring substituents is 1. The molecule has 182 valence electrons. The molecule has 0 bridgehead atoms. The second-order valence-electron chi connectivity index (χ2n) is 8.40. The molecule has 1 aliphatic rings. The molecular weight excluding hydrogens is 468 g/mol. The van der Waals surface area contributed by atoms with E-state index in [9.17, 15) is 23.3 Å². The Balaban J connectivity index is 1.38. The third-order valence-electron chi connectivity index (χ3n) is 5.99. The molecule has 9 nitrogen and oxygen atoms in total. The van der Waals surface area contributed by atoms with Crippen molar-refractivity contribution in [3.63, 3.8) is 0 Å². The molecular formula is C25H26N4O5S. The summed E-state index contributed by atoms with van der Waals surface area (Å²) < 4.78 is 27.2. The number of anilines is 1. The molecule has 1 heterocycles. The third kappa shape index (κ3) is 5.73. The topological polar surface area (TPSA) is 113 Å². The van der Waals surface area contributed by atoms with Crippen LogP contribution in [0, 0.1) is 17.0 Å². The number of nitro benzene ring substituents is 1. The number of hydrogen-bond donors (Lipinski definition) is 1. The zero-order valence-corrected chi connectivity index (χ0v) is 20.1. The average molecular weight is 495 g/mol. The molecule has 1 aliphatic heterocycles. The van der Waals surface area contributed by atoms with E-state index in [2.05, 4.69) is 10.2 Å². The van der Waals surface area contributed by atoms with Crippen molar-refractivity contribution in [1.29, 1.82) is 0 Å². The van der Waals surface area contributed by atoms with Gasteiger partial charge in [0.1, 0.15) is 0 Å². The molecule has 35 heavy (non-hydrogen) atoms. The number of hydrogen-bond acceptors (Lipinski definition) is 6. The molecule has 1 saturated heterocycles. The maximum atomic E-state index is 12.8. The fourth-order valence-electron chi connectivity index (χ4n) is 3.99. The van der Waals surface area contributed by atoms with Crippen LogP contribution in [0.3, 0.4) is 0 Å². The summed E-state index contributed by atoms with van der Waals surface area (Å²) in [5, 5.41) is 13.8. The van der Waals surface area contributed by atoms with Gasteiger partial charge in [0.2, 0.25) is 10.0 Å². The smallest absolute Gasteiger partial charge is 0.271 e. The van der Waals surface area contributed by atoms with E-state index in [0.717, 1.165) is 11.1 Å². The first-order chi connectivity index (χ1) is 16.7. The van der Waals surface area contributed by atoms with Crippen molar-refractivity contribution in [2.24, 2.45) is 0 Å². The molecule has 0 spiro atoms. The standard InChI is InChI=1S/C25H26N4O5S/c1-19-10-11-22(29(31)32)17-24(19)26-25(30)21-7-5-6-20(16-21)18-27-12-14-28(15-13-27)35(33,34)23-8-3-2-4-9-23/h2-11,16-17H,12-15,18H2,1H3,(H,26,30). The summed E-state index contributed by atoms with van der Waals surface area (Å²) in [5.41, 5.74) is 2.40. The Labute approximate surface area is 204 Å². The van der Waals surface area contributed by atoms with Crippen molar-refractivity contribution in [2.45, 2.75) is 18.4 Å². The molecule has 1 fully saturated rings. The number of aryl methyl sites for hydroxylation is 1. The van der Waals surface area contributed by atoms with Crippen LogP contribution in [0.4, 0.5) is 11.4 Å². The second kappa shape index (κ2) is 10.3. The fourth-order valence-corrected chi connectivity index (χ4v) is 5.43. The molecule has 3 aromatic carbocycles. The summed E-state index contributed by atoms with van der Waals surface area (Å²) in [5.74, 6) is -0.353. The number of sulfonamides is 1. The molecule has 0 unspecified atom stereocenters. The van der Waals surface area contributed by atoms with E-state index in [-0.39, 0.29) is 11.6 Å².